The van der Waals surface area contributed by atoms with E-state index < -0.39 is 6.04 Å². The van der Waals surface area contributed by atoms with Gasteiger partial charge in [0.2, 0.25) is 5.91 Å². The van der Waals surface area contributed by atoms with Gasteiger partial charge < -0.3 is 15.8 Å². The van der Waals surface area contributed by atoms with Crippen molar-refractivity contribution in [3.63, 3.8) is 0 Å². The fourth-order valence-corrected chi connectivity index (χ4v) is 1.85. The van der Waals surface area contributed by atoms with Gasteiger partial charge in [-0.1, -0.05) is 23.7 Å². The molecule has 1 amide bonds. The number of anilines is 1. The maximum absolute atomic E-state index is 11.9. The number of amides is 1. The van der Waals surface area contributed by atoms with E-state index >= 15 is 0 Å². The van der Waals surface area contributed by atoms with Crippen molar-refractivity contribution < 1.29 is 9.53 Å². The molecule has 0 radical (unpaired) electrons. The average Bonchev–Trinajstić information content (AvgIpc) is 2.34. The zero-order chi connectivity index (χ0) is 13.5. The number of benzene rings is 1. The summed E-state index contributed by atoms with van der Waals surface area (Å²) in [5.41, 5.74) is 7.34. The molecule has 1 aromatic carbocycles. The number of rotatable bonds is 6. The second-order valence-corrected chi connectivity index (χ2v) is 4.57. The van der Waals surface area contributed by atoms with Crippen molar-refractivity contribution in [2.45, 2.75) is 25.8 Å². The topological polar surface area (TPSA) is 64.3 Å². The molecule has 0 fully saturated rings. The Hall–Kier alpha value is -1.10. The van der Waals surface area contributed by atoms with Crippen LogP contribution in [0, 0.1) is 6.92 Å². The van der Waals surface area contributed by atoms with Crippen LogP contribution in [-0.2, 0) is 9.53 Å². The number of para-hydroxylation sites is 1. The Kier molecular flexibility index (Phi) is 6.12. The first-order chi connectivity index (χ1) is 8.56. The SMILES string of the molecule is COCCCC(N)C(=O)Nc1c(C)cccc1Cl. The van der Waals surface area contributed by atoms with Gasteiger partial charge in [-0.25, -0.2) is 0 Å². The molecule has 0 aliphatic rings. The van der Waals surface area contributed by atoms with E-state index in [2.05, 4.69) is 5.32 Å². The Balaban J connectivity index is 2.58. The van der Waals surface area contributed by atoms with Crippen LogP contribution in [0.5, 0.6) is 0 Å². The molecule has 0 aromatic heterocycles. The van der Waals surface area contributed by atoms with E-state index in [4.69, 9.17) is 22.1 Å². The molecule has 3 N–H and O–H groups in total. The third-order valence-corrected chi connectivity index (χ3v) is 2.99. The van der Waals surface area contributed by atoms with E-state index in [1.807, 2.05) is 19.1 Å². The van der Waals surface area contributed by atoms with Crippen molar-refractivity contribution in [1.82, 2.24) is 0 Å². The average molecular weight is 271 g/mol. The van der Waals surface area contributed by atoms with Crippen molar-refractivity contribution in [2.24, 2.45) is 5.73 Å². The maximum atomic E-state index is 11.9. The van der Waals surface area contributed by atoms with E-state index in [9.17, 15) is 4.79 Å². The number of ether oxygens (including phenoxy) is 1. The van der Waals surface area contributed by atoms with Crippen LogP contribution in [0.3, 0.4) is 0 Å². The third kappa shape index (κ3) is 4.29. The van der Waals surface area contributed by atoms with E-state index in [0.29, 0.717) is 23.7 Å². The lowest BCUT2D eigenvalue weighted by molar-refractivity contribution is -0.117. The van der Waals surface area contributed by atoms with Crippen molar-refractivity contribution in [3.8, 4) is 0 Å². The van der Waals surface area contributed by atoms with Gasteiger partial charge in [0.15, 0.2) is 0 Å². The normalized spacial score (nSPS) is 12.2. The number of hydrogen-bond donors (Lipinski definition) is 2. The molecule has 0 aliphatic heterocycles. The highest BCUT2D eigenvalue weighted by molar-refractivity contribution is 6.34. The summed E-state index contributed by atoms with van der Waals surface area (Å²) < 4.78 is 4.92. The largest absolute Gasteiger partial charge is 0.385 e. The molecule has 5 heteroatoms. The highest BCUT2D eigenvalue weighted by Crippen LogP contribution is 2.25. The molecule has 0 bridgehead atoms. The van der Waals surface area contributed by atoms with Crippen LogP contribution in [0.4, 0.5) is 5.69 Å². The lowest BCUT2D eigenvalue weighted by atomic mass is 10.1. The molecule has 0 heterocycles. The molecule has 0 spiro atoms. The number of hydrogen-bond acceptors (Lipinski definition) is 3. The predicted octanol–water partition coefficient (Wildman–Crippen LogP) is 2.34. The van der Waals surface area contributed by atoms with Crippen LogP contribution in [0.1, 0.15) is 18.4 Å². The molecular formula is C13H19ClN2O2. The third-order valence-electron chi connectivity index (χ3n) is 2.67. The number of carbonyl (C=O) groups excluding carboxylic acids is 1. The summed E-state index contributed by atoms with van der Waals surface area (Å²) in [6.45, 7) is 2.49. The number of aryl methyl sites for hydroxylation is 1. The van der Waals surface area contributed by atoms with Gasteiger partial charge in [-0.15, -0.1) is 0 Å². The zero-order valence-electron chi connectivity index (χ0n) is 10.7. The molecule has 0 aliphatic carbocycles. The predicted molar refractivity (Wildman–Crippen MR) is 73.9 cm³/mol. The van der Waals surface area contributed by atoms with Crippen molar-refractivity contribution >= 4 is 23.2 Å². The Morgan fingerprint density at radius 2 is 2.28 bits per heavy atom. The molecular weight excluding hydrogens is 252 g/mol. The van der Waals surface area contributed by atoms with Gasteiger partial charge in [0.1, 0.15) is 0 Å². The quantitative estimate of drug-likeness (QED) is 0.780. The van der Waals surface area contributed by atoms with E-state index in [0.717, 1.165) is 12.0 Å². The molecule has 0 saturated heterocycles. The Morgan fingerprint density at radius 1 is 1.56 bits per heavy atom. The van der Waals surface area contributed by atoms with Crippen LogP contribution in [0.25, 0.3) is 0 Å². The molecule has 1 atom stereocenters. The first kappa shape index (κ1) is 15.0. The second kappa shape index (κ2) is 7.36. The monoisotopic (exact) mass is 270 g/mol. The summed E-state index contributed by atoms with van der Waals surface area (Å²) in [7, 11) is 1.62. The van der Waals surface area contributed by atoms with Crippen LogP contribution in [0.15, 0.2) is 18.2 Å². The molecule has 4 nitrogen and oxygen atoms in total. The van der Waals surface area contributed by atoms with Crippen LogP contribution >= 0.6 is 11.6 Å². The van der Waals surface area contributed by atoms with Gasteiger partial charge in [0, 0.05) is 13.7 Å². The van der Waals surface area contributed by atoms with Crippen LogP contribution in [0.2, 0.25) is 5.02 Å². The van der Waals surface area contributed by atoms with Gasteiger partial charge in [-0.3, -0.25) is 4.79 Å². The highest BCUT2D eigenvalue weighted by Gasteiger charge is 2.15. The van der Waals surface area contributed by atoms with Gasteiger partial charge in [-0.05, 0) is 31.4 Å². The number of halogens is 1. The van der Waals surface area contributed by atoms with E-state index in [1.165, 1.54) is 0 Å². The molecule has 100 valence electrons. The Bertz CT molecular complexity index is 390. The van der Waals surface area contributed by atoms with Gasteiger partial charge >= 0.3 is 0 Å². The summed E-state index contributed by atoms with van der Waals surface area (Å²) in [6.07, 6.45) is 1.34. The van der Waals surface area contributed by atoms with Crippen LogP contribution < -0.4 is 11.1 Å². The molecule has 1 unspecified atom stereocenters. The number of methoxy groups -OCH3 is 1. The van der Waals surface area contributed by atoms with Gasteiger partial charge in [-0.2, -0.15) is 0 Å². The van der Waals surface area contributed by atoms with E-state index in [-0.39, 0.29) is 5.91 Å². The minimum Gasteiger partial charge on any atom is -0.385 e. The fraction of sp³-hybridized carbons (Fsp3) is 0.462. The molecule has 18 heavy (non-hydrogen) atoms. The van der Waals surface area contributed by atoms with Crippen LogP contribution in [-0.4, -0.2) is 25.7 Å². The number of nitrogens with one attached hydrogen (secondary N) is 1. The van der Waals surface area contributed by atoms with Gasteiger partial charge in [0.25, 0.3) is 0 Å². The first-order valence-electron chi connectivity index (χ1n) is 5.86. The molecule has 0 saturated carbocycles. The minimum atomic E-state index is -0.546. The van der Waals surface area contributed by atoms with E-state index in [1.54, 1.807) is 13.2 Å². The summed E-state index contributed by atoms with van der Waals surface area (Å²) >= 11 is 6.03. The summed E-state index contributed by atoms with van der Waals surface area (Å²) in [5, 5.41) is 3.29. The Morgan fingerprint density at radius 3 is 2.89 bits per heavy atom. The minimum absolute atomic E-state index is 0.220. The van der Waals surface area contributed by atoms with Crippen molar-refractivity contribution in [3.05, 3.63) is 28.8 Å². The number of carbonyl (C=O) groups is 1. The fourth-order valence-electron chi connectivity index (χ4n) is 1.58. The van der Waals surface area contributed by atoms with Crippen molar-refractivity contribution in [2.75, 3.05) is 19.0 Å². The second-order valence-electron chi connectivity index (χ2n) is 4.16. The lowest BCUT2D eigenvalue weighted by Gasteiger charge is -2.14. The first-order valence-corrected chi connectivity index (χ1v) is 6.24. The standard InChI is InChI=1S/C13H19ClN2O2/c1-9-5-3-6-10(14)12(9)16-13(17)11(15)7-4-8-18-2/h3,5-6,11H,4,7-8,15H2,1-2H3,(H,16,17). The smallest absolute Gasteiger partial charge is 0.241 e. The molecule has 1 rings (SSSR count). The summed E-state index contributed by atoms with van der Waals surface area (Å²) in [5.74, 6) is -0.220. The number of nitrogens with two attached hydrogens (primary N) is 1. The molecule has 1 aromatic rings. The Labute approximate surface area is 112 Å². The highest BCUT2D eigenvalue weighted by atomic mass is 35.5. The zero-order valence-corrected chi connectivity index (χ0v) is 11.5. The maximum Gasteiger partial charge on any atom is 0.241 e. The summed E-state index contributed by atoms with van der Waals surface area (Å²) in [4.78, 5) is 11.9. The summed E-state index contributed by atoms with van der Waals surface area (Å²) in [6, 6.07) is 4.92. The van der Waals surface area contributed by atoms with Crippen molar-refractivity contribution in [1.29, 1.82) is 0 Å². The van der Waals surface area contributed by atoms with Gasteiger partial charge in [0.05, 0.1) is 16.8 Å². The lowest BCUT2D eigenvalue weighted by Crippen LogP contribution is -2.36.